The van der Waals surface area contributed by atoms with E-state index in [2.05, 4.69) is 22.5 Å². The van der Waals surface area contributed by atoms with E-state index in [9.17, 15) is 14.4 Å². The first kappa shape index (κ1) is 19.5. The number of hydrogen-bond donors (Lipinski definition) is 2. The minimum atomic E-state index is -0.415. The summed E-state index contributed by atoms with van der Waals surface area (Å²) in [5, 5.41) is 5.41. The first-order valence-corrected chi connectivity index (χ1v) is 9.36. The van der Waals surface area contributed by atoms with Gasteiger partial charge in [-0.3, -0.25) is 19.4 Å². The van der Waals surface area contributed by atoms with Crippen LogP contribution in [0, 0.1) is 5.92 Å². The average Bonchev–Trinajstić information content (AvgIpc) is 2.68. The van der Waals surface area contributed by atoms with Gasteiger partial charge in [0.05, 0.1) is 0 Å². The van der Waals surface area contributed by atoms with E-state index < -0.39 is 5.91 Å². The van der Waals surface area contributed by atoms with Gasteiger partial charge in [-0.25, -0.2) is 0 Å². The topological polar surface area (TPSA) is 91.4 Å². The average molecular weight is 380 g/mol. The molecule has 0 bridgehead atoms. The van der Waals surface area contributed by atoms with Crippen LogP contribution in [0.2, 0.25) is 0 Å². The first-order chi connectivity index (χ1) is 13.4. The molecule has 0 aliphatic carbocycles. The fraction of sp³-hybridized carbons (Fsp3) is 0.333. The molecule has 1 aliphatic rings. The molecular weight excluding hydrogens is 356 g/mol. The van der Waals surface area contributed by atoms with Gasteiger partial charge in [-0.05, 0) is 49.1 Å². The highest BCUT2D eigenvalue weighted by atomic mass is 16.2. The van der Waals surface area contributed by atoms with Crippen LogP contribution in [0.5, 0.6) is 0 Å². The van der Waals surface area contributed by atoms with E-state index in [0.717, 1.165) is 25.9 Å². The van der Waals surface area contributed by atoms with Crippen LogP contribution in [-0.4, -0.2) is 40.7 Å². The summed E-state index contributed by atoms with van der Waals surface area (Å²) in [6.45, 7) is 5.08. The van der Waals surface area contributed by atoms with Gasteiger partial charge in [-0.1, -0.05) is 13.0 Å². The molecule has 0 spiro atoms. The zero-order chi connectivity index (χ0) is 20.1. The Hall–Kier alpha value is -3.22. The predicted octanol–water partition coefficient (Wildman–Crippen LogP) is 3.16. The van der Waals surface area contributed by atoms with Gasteiger partial charge in [-0.15, -0.1) is 0 Å². The summed E-state index contributed by atoms with van der Waals surface area (Å²) < 4.78 is 0. The molecule has 146 valence electrons. The molecule has 28 heavy (non-hydrogen) atoms. The quantitative estimate of drug-likeness (QED) is 0.852. The van der Waals surface area contributed by atoms with Crippen molar-refractivity contribution in [3.05, 3.63) is 53.9 Å². The van der Waals surface area contributed by atoms with Crippen molar-refractivity contribution < 1.29 is 14.4 Å². The molecule has 1 aromatic carbocycles. The van der Waals surface area contributed by atoms with Crippen molar-refractivity contribution in [2.75, 3.05) is 23.7 Å². The molecule has 1 aliphatic heterocycles. The minimum absolute atomic E-state index is 0.0731. The molecule has 1 aromatic heterocycles. The third-order valence-electron chi connectivity index (χ3n) is 4.75. The number of carbonyl (C=O) groups is 3. The standard InChI is InChI=1S/C21H24N4O3/c1-14-7-10-25(11-8-14)21(28)16-6-9-22-19(12-16)20(27)24-18-5-3-4-17(13-18)23-15(2)26/h3-6,9,12-14H,7-8,10-11H2,1-2H3,(H,23,26)(H,24,27). The van der Waals surface area contributed by atoms with Crippen molar-refractivity contribution in [1.82, 2.24) is 9.88 Å². The number of aromatic nitrogens is 1. The van der Waals surface area contributed by atoms with E-state index in [4.69, 9.17) is 0 Å². The summed E-state index contributed by atoms with van der Waals surface area (Å²) in [6, 6.07) is 9.98. The van der Waals surface area contributed by atoms with Crippen molar-refractivity contribution in [2.45, 2.75) is 26.7 Å². The largest absolute Gasteiger partial charge is 0.339 e. The molecule has 1 saturated heterocycles. The molecule has 0 unspecified atom stereocenters. The van der Waals surface area contributed by atoms with E-state index >= 15 is 0 Å². The van der Waals surface area contributed by atoms with E-state index in [1.165, 1.54) is 19.2 Å². The molecule has 0 saturated carbocycles. The van der Waals surface area contributed by atoms with Gasteiger partial charge in [0.15, 0.2) is 0 Å². The lowest BCUT2D eigenvalue weighted by molar-refractivity contribution is -0.114. The first-order valence-electron chi connectivity index (χ1n) is 9.36. The van der Waals surface area contributed by atoms with E-state index in [0.29, 0.717) is 22.9 Å². The van der Waals surface area contributed by atoms with Gasteiger partial charge < -0.3 is 15.5 Å². The maximum atomic E-state index is 12.7. The van der Waals surface area contributed by atoms with Gasteiger partial charge in [0.25, 0.3) is 11.8 Å². The Morgan fingerprint density at radius 3 is 2.39 bits per heavy atom. The van der Waals surface area contributed by atoms with Crippen LogP contribution in [-0.2, 0) is 4.79 Å². The van der Waals surface area contributed by atoms with Crippen molar-refractivity contribution in [3.8, 4) is 0 Å². The Bertz CT molecular complexity index is 889. The molecule has 3 amide bonds. The van der Waals surface area contributed by atoms with Crippen LogP contribution in [0.25, 0.3) is 0 Å². The van der Waals surface area contributed by atoms with E-state index in [-0.39, 0.29) is 17.5 Å². The summed E-state index contributed by atoms with van der Waals surface area (Å²) in [7, 11) is 0. The lowest BCUT2D eigenvalue weighted by atomic mass is 9.98. The number of likely N-dealkylation sites (tertiary alicyclic amines) is 1. The van der Waals surface area contributed by atoms with Crippen LogP contribution in [0.1, 0.15) is 47.5 Å². The number of rotatable bonds is 4. The number of nitrogens with zero attached hydrogens (tertiary/aromatic N) is 2. The van der Waals surface area contributed by atoms with E-state index in [1.807, 2.05) is 4.90 Å². The molecule has 0 radical (unpaired) electrons. The number of hydrogen-bond acceptors (Lipinski definition) is 4. The van der Waals surface area contributed by atoms with Gasteiger partial charge in [0, 0.05) is 43.1 Å². The van der Waals surface area contributed by atoms with Crippen LogP contribution in [0.4, 0.5) is 11.4 Å². The predicted molar refractivity (Wildman–Crippen MR) is 107 cm³/mol. The van der Waals surface area contributed by atoms with Gasteiger partial charge in [0.2, 0.25) is 5.91 Å². The normalized spacial score (nSPS) is 14.4. The monoisotopic (exact) mass is 380 g/mol. The smallest absolute Gasteiger partial charge is 0.274 e. The SMILES string of the molecule is CC(=O)Nc1cccc(NC(=O)c2cc(C(=O)N3CCC(C)CC3)ccn2)c1. The fourth-order valence-corrected chi connectivity index (χ4v) is 3.16. The van der Waals surface area contributed by atoms with Crippen LogP contribution in [0.3, 0.4) is 0 Å². The molecule has 3 rings (SSSR count). The maximum absolute atomic E-state index is 12.7. The molecule has 2 aromatic rings. The van der Waals surface area contributed by atoms with Crippen molar-refractivity contribution in [1.29, 1.82) is 0 Å². The van der Waals surface area contributed by atoms with Crippen LogP contribution in [0.15, 0.2) is 42.6 Å². The number of nitrogens with one attached hydrogen (secondary N) is 2. The third kappa shape index (κ3) is 4.94. The Labute approximate surface area is 164 Å². The minimum Gasteiger partial charge on any atom is -0.339 e. The zero-order valence-electron chi connectivity index (χ0n) is 16.1. The van der Waals surface area contributed by atoms with Crippen molar-refractivity contribution in [3.63, 3.8) is 0 Å². The fourth-order valence-electron chi connectivity index (χ4n) is 3.16. The summed E-state index contributed by atoms with van der Waals surface area (Å²) in [5.41, 5.74) is 1.74. The molecule has 1 fully saturated rings. The highest BCUT2D eigenvalue weighted by Gasteiger charge is 2.22. The molecule has 7 nitrogen and oxygen atoms in total. The lowest BCUT2D eigenvalue weighted by Gasteiger charge is -2.30. The van der Waals surface area contributed by atoms with Crippen molar-refractivity contribution >= 4 is 29.1 Å². The Morgan fingerprint density at radius 1 is 1.04 bits per heavy atom. The molecule has 2 N–H and O–H groups in total. The van der Waals surface area contributed by atoms with Gasteiger partial charge >= 0.3 is 0 Å². The van der Waals surface area contributed by atoms with Crippen molar-refractivity contribution in [2.24, 2.45) is 5.92 Å². The number of anilines is 2. The Balaban J connectivity index is 1.70. The summed E-state index contributed by atoms with van der Waals surface area (Å²) in [4.78, 5) is 42.4. The number of amides is 3. The maximum Gasteiger partial charge on any atom is 0.274 e. The second kappa shape index (κ2) is 8.65. The second-order valence-corrected chi connectivity index (χ2v) is 7.12. The Morgan fingerprint density at radius 2 is 1.71 bits per heavy atom. The number of carbonyl (C=O) groups excluding carboxylic acids is 3. The lowest BCUT2D eigenvalue weighted by Crippen LogP contribution is -2.38. The summed E-state index contributed by atoms with van der Waals surface area (Å²) in [5.74, 6) is -0.0440. The second-order valence-electron chi connectivity index (χ2n) is 7.12. The highest BCUT2D eigenvalue weighted by Crippen LogP contribution is 2.19. The highest BCUT2D eigenvalue weighted by molar-refractivity contribution is 6.05. The summed E-state index contributed by atoms with van der Waals surface area (Å²) in [6.07, 6.45) is 3.46. The number of pyridine rings is 1. The molecule has 0 atom stereocenters. The summed E-state index contributed by atoms with van der Waals surface area (Å²) >= 11 is 0. The van der Waals surface area contributed by atoms with Crippen LogP contribution >= 0.6 is 0 Å². The molecule has 2 heterocycles. The Kier molecular flexibility index (Phi) is 6.03. The number of benzene rings is 1. The zero-order valence-corrected chi connectivity index (χ0v) is 16.1. The third-order valence-corrected chi connectivity index (χ3v) is 4.75. The number of piperidine rings is 1. The van der Waals surface area contributed by atoms with Gasteiger partial charge in [-0.2, -0.15) is 0 Å². The molecule has 7 heteroatoms. The van der Waals surface area contributed by atoms with E-state index in [1.54, 1.807) is 30.3 Å². The van der Waals surface area contributed by atoms with Crippen LogP contribution < -0.4 is 10.6 Å². The molecular formula is C21H24N4O3. The van der Waals surface area contributed by atoms with Gasteiger partial charge in [0.1, 0.15) is 5.69 Å².